The molecule has 2 aromatic rings. The van der Waals surface area contributed by atoms with E-state index in [1.807, 2.05) is 6.92 Å². The average Bonchev–Trinajstić information content (AvgIpc) is 2.63. The molecule has 138 valence electrons. The summed E-state index contributed by atoms with van der Waals surface area (Å²) in [6, 6.07) is 9.72. The maximum Gasteiger partial charge on any atom is 0.309 e. The number of hydrogen-bond acceptors (Lipinski definition) is 5. The first-order valence-corrected chi connectivity index (χ1v) is 9.67. The summed E-state index contributed by atoms with van der Waals surface area (Å²) in [5, 5.41) is 3.71. The van der Waals surface area contributed by atoms with Gasteiger partial charge in [0, 0.05) is 25.5 Å². The summed E-state index contributed by atoms with van der Waals surface area (Å²) in [6.45, 7) is 3.62. The molecule has 7 nitrogen and oxygen atoms in total. The van der Waals surface area contributed by atoms with E-state index in [0.29, 0.717) is 12.1 Å². The molecule has 0 bridgehead atoms. The van der Waals surface area contributed by atoms with Crippen LogP contribution in [0.2, 0.25) is 0 Å². The molecule has 0 unspecified atom stereocenters. The van der Waals surface area contributed by atoms with Crippen LogP contribution in [0.15, 0.2) is 53.7 Å². The van der Waals surface area contributed by atoms with Crippen LogP contribution >= 0.6 is 0 Å². The second kappa shape index (κ2) is 8.57. The van der Waals surface area contributed by atoms with E-state index in [-0.39, 0.29) is 11.4 Å². The second-order valence-electron chi connectivity index (χ2n) is 5.70. The lowest BCUT2D eigenvalue weighted by Crippen LogP contribution is -2.42. The van der Waals surface area contributed by atoms with E-state index in [2.05, 4.69) is 15.6 Å². The van der Waals surface area contributed by atoms with Crippen LogP contribution in [-0.4, -0.2) is 38.3 Å². The van der Waals surface area contributed by atoms with Gasteiger partial charge in [0.05, 0.1) is 4.90 Å². The Bertz CT molecular complexity index is 865. The molecule has 0 spiro atoms. The molecule has 0 fully saturated rings. The number of amides is 2. The Hall–Kier alpha value is -2.74. The van der Waals surface area contributed by atoms with Gasteiger partial charge in [-0.2, -0.15) is 0 Å². The number of rotatable bonds is 6. The SMILES string of the molecule is CCNC(=O)C(=O)NC[C@@H](c1cccnc1)S(=O)(=O)c1ccc(C)cc1. The summed E-state index contributed by atoms with van der Waals surface area (Å²) >= 11 is 0. The predicted molar refractivity (Wildman–Crippen MR) is 97.0 cm³/mol. The Labute approximate surface area is 152 Å². The number of nitrogens with one attached hydrogen (secondary N) is 2. The summed E-state index contributed by atoms with van der Waals surface area (Å²) in [5.41, 5.74) is 1.37. The van der Waals surface area contributed by atoms with Gasteiger partial charge >= 0.3 is 11.8 Å². The molecule has 1 heterocycles. The van der Waals surface area contributed by atoms with E-state index in [4.69, 9.17) is 0 Å². The van der Waals surface area contributed by atoms with Crippen molar-refractivity contribution in [2.75, 3.05) is 13.1 Å². The number of pyridine rings is 1. The monoisotopic (exact) mass is 375 g/mol. The number of benzene rings is 1. The van der Waals surface area contributed by atoms with E-state index in [9.17, 15) is 18.0 Å². The first kappa shape index (κ1) is 19.6. The average molecular weight is 375 g/mol. The molecule has 26 heavy (non-hydrogen) atoms. The summed E-state index contributed by atoms with van der Waals surface area (Å²) < 4.78 is 26.1. The van der Waals surface area contributed by atoms with Crippen LogP contribution in [-0.2, 0) is 19.4 Å². The number of carbonyl (C=O) groups excluding carboxylic acids is 2. The highest BCUT2D eigenvalue weighted by Crippen LogP contribution is 2.28. The normalized spacial score (nSPS) is 12.2. The van der Waals surface area contributed by atoms with Crippen LogP contribution in [0, 0.1) is 6.92 Å². The third-order valence-corrected chi connectivity index (χ3v) is 5.89. The number of hydrogen-bond donors (Lipinski definition) is 2. The minimum Gasteiger partial charge on any atom is -0.348 e. The molecule has 2 N–H and O–H groups in total. The lowest BCUT2D eigenvalue weighted by molar-refractivity contribution is -0.139. The van der Waals surface area contributed by atoms with Crippen molar-refractivity contribution >= 4 is 21.7 Å². The van der Waals surface area contributed by atoms with E-state index >= 15 is 0 Å². The van der Waals surface area contributed by atoms with E-state index in [1.165, 1.54) is 24.5 Å². The predicted octanol–water partition coefficient (Wildman–Crippen LogP) is 1.16. The van der Waals surface area contributed by atoms with Gasteiger partial charge in [-0.25, -0.2) is 8.42 Å². The molecule has 0 radical (unpaired) electrons. The van der Waals surface area contributed by atoms with Crippen LogP contribution in [0.5, 0.6) is 0 Å². The molecule has 0 aliphatic heterocycles. The lowest BCUT2D eigenvalue weighted by atomic mass is 10.2. The topological polar surface area (TPSA) is 105 Å². The summed E-state index contributed by atoms with van der Waals surface area (Å²) in [5.74, 6) is -1.68. The van der Waals surface area contributed by atoms with Gasteiger partial charge in [-0.15, -0.1) is 0 Å². The van der Waals surface area contributed by atoms with Gasteiger partial charge < -0.3 is 10.6 Å². The third-order valence-electron chi connectivity index (χ3n) is 3.77. The first-order chi connectivity index (χ1) is 12.4. The second-order valence-corrected chi connectivity index (χ2v) is 7.83. The van der Waals surface area contributed by atoms with Crippen molar-refractivity contribution < 1.29 is 18.0 Å². The molecule has 0 aliphatic rings. The van der Waals surface area contributed by atoms with Gasteiger partial charge in [-0.05, 0) is 37.6 Å². The molecule has 1 aromatic carbocycles. The van der Waals surface area contributed by atoms with Crippen molar-refractivity contribution in [3.05, 3.63) is 59.9 Å². The van der Waals surface area contributed by atoms with Crippen molar-refractivity contribution in [3.8, 4) is 0 Å². The van der Waals surface area contributed by atoms with Crippen molar-refractivity contribution in [2.45, 2.75) is 24.0 Å². The van der Waals surface area contributed by atoms with Crippen molar-refractivity contribution in [1.29, 1.82) is 0 Å². The number of aromatic nitrogens is 1. The molecular formula is C18H21N3O4S. The number of carbonyl (C=O) groups is 2. The fourth-order valence-corrected chi connectivity index (χ4v) is 4.02. The Morgan fingerprint density at radius 3 is 2.31 bits per heavy atom. The molecular weight excluding hydrogens is 354 g/mol. The maximum atomic E-state index is 13.1. The van der Waals surface area contributed by atoms with Gasteiger partial charge in [0.2, 0.25) is 0 Å². The molecule has 0 saturated carbocycles. The number of nitrogens with zero attached hydrogens (tertiary/aromatic N) is 1. The van der Waals surface area contributed by atoms with Gasteiger partial charge in [-0.3, -0.25) is 14.6 Å². The van der Waals surface area contributed by atoms with Crippen LogP contribution in [0.3, 0.4) is 0 Å². The van der Waals surface area contributed by atoms with Crippen LogP contribution in [0.25, 0.3) is 0 Å². The fourth-order valence-electron chi connectivity index (χ4n) is 2.37. The Balaban J connectivity index is 2.31. The zero-order valence-electron chi connectivity index (χ0n) is 14.6. The highest BCUT2D eigenvalue weighted by Gasteiger charge is 2.30. The standard InChI is InChI=1S/C18H21N3O4S/c1-3-20-17(22)18(23)21-12-16(14-5-4-10-19-11-14)26(24,25)15-8-6-13(2)7-9-15/h4-11,16H,3,12H2,1-2H3,(H,20,22)(H,21,23)/t16-/m0/s1. The molecule has 0 saturated heterocycles. The van der Waals surface area contributed by atoms with Crippen molar-refractivity contribution in [3.63, 3.8) is 0 Å². The van der Waals surface area contributed by atoms with Crippen molar-refractivity contribution in [1.82, 2.24) is 15.6 Å². The Morgan fingerprint density at radius 2 is 1.73 bits per heavy atom. The van der Waals surface area contributed by atoms with Gasteiger partial charge in [0.15, 0.2) is 9.84 Å². The molecule has 1 atom stereocenters. The Kier molecular flexibility index (Phi) is 6.46. The first-order valence-electron chi connectivity index (χ1n) is 8.12. The van der Waals surface area contributed by atoms with E-state index < -0.39 is 26.9 Å². The van der Waals surface area contributed by atoms with Gasteiger partial charge in [-0.1, -0.05) is 23.8 Å². The lowest BCUT2D eigenvalue weighted by Gasteiger charge is -2.18. The molecule has 8 heteroatoms. The quantitative estimate of drug-likeness (QED) is 0.737. The number of aryl methyl sites for hydroxylation is 1. The minimum atomic E-state index is -3.79. The van der Waals surface area contributed by atoms with Crippen molar-refractivity contribution in [2.24, 2.45) is 0 Å². The zero-order valence-corrected chi connectivity index (χ0v) is 15.4. The van der Waals surface area contributed by atoms with Crippen LogP contribution < -0.4 is 10.6 Å². The van der Waals surface area contributed by atoms with Gasteiger partial charge in [0.25, 0.3) is 0 Å². The third kappa shape index (κ3) is 4.66. The van der Waals surface area contributed by atoms with Crippen LogP contribution in [0.1, 0.15) is 23.3 Å². The molecule has 2 amide bonds. The summed E-state index contributed by atoms with van der Waals surface area (Å²) in [7, 11) is -3.79. The smallest absolute Gasteiger partial charge is 0.309 e. The summed E-state index contributed by atoms with van der Waals surface area (Å²) in [6.07, 6.45) is 2.97. The van der Waals surface area contributed by atoms with E-state index in [0.717, 1.165) is 5.56 Å². The largest absolute Gasteiger partial charge is 0.348 e. The zero-order chi connectivity index (χ0) is 19.2. The molecule has 1 aromatic heterocycles. The van der Waals surface area contributed by atoms with E-state index in [1.54, 1.807) is 31.2 Å². The van der Waals surface area contributed by atoms with Gasteiger partial charge in [0.1, 0.15) is 5.25 Å². The number of sulfone groups is 1. The summed E-state index contributed by atoms with van der Waals surface area (Å²) in [4.78, 5) is 27.5. The minimum absolute atomic E-state index is 0.143. The highest BCUT2D eigenvalue weighted by molar-refractivity contribution is 7.91. The molecule has 0 aliphatic carbocycles. The Morgan fingerprint density at radius 1 is 1.08 bits per heavy atom. The van der Waals surface area contributed by atoms with Crippen LogP contribution in [0.4, 0.5) is 0 Å². The highest BCUT2D eigenvalue weighted by atomic mass is 32.2. The fraction of sp³-hybridized carbons (Fsp3) is 0.278. The molecule has 2 rings (SSSR count). The number of likely N-dealkylation sites (N-methyl/N-ethyl adjacent to an activating group) is 1. The maximum absolute atomic E-state index is 13.1.